The number of piperidine rings is 1. The van der Waals surface area contributed by atoms with Crippen molar-refractivity contribution >= 4 is 23.2 Å². The Kier molecular flexibility index (Phi) is 5.26. The molecule has 0 radical (unpaired) electrons. The first-order chi connectivity index (χ1) is 12.2. The number of carbonyl (C=O) groups is 2. The van der Waals surface area contributed by atoms with Crippen LogP contribution in [0.15, 0.2) is 24.3 Å². The van der Waals surface area contributed by atoms with Crippen molar-refractivity contribution in [1.29, 1.82) is 0 Å². The van der Waals surface area contributed by atoms with Crippen molar-refractivity contribution in [3.63, 3.8) is 0 Å². The summed E-state index contributed by atoms with van der Waals surface area (Å²) >= 11 is 0. The van der Waals surface area contributed by atoms with Crippen molar-refractivity contribution in [2.75, 3.05) is 29.9 Å². The molecule has 2 heterocycles. The van der Waals surface area contributed by atoms with Crippen molar-refractivity contribution in [3.05, 3.63) is 24.3 Å². The summed E-state index contributed by atoms with van der Waals surface area (Å²) in [7, 11) is 0. The number of hydrogen-bond acceptors (Lipinski definition) is 3. The zero-order valence-electron chi connectivity index (χ0n) is 16.4. The lowest BCUT2D eigenvalue weighted by molar-refractivity contribution is -0.131. The van der Waals surface area contributed by atoms with E-state index < -0.39 is 0 Å². The molecule has 142 valence electrons. The molecule has 5 nitrogen and oxygen atoms in total. The average Bonchev–Trinajstić information content (AvgIpc) is 2.99. The lowest BCUT2D eigenvalue weighted by Gasteiger charge is -2.32. The first-order valence-corrected chi connectivity index (χ1v) is 9.70. The van der Waals surface area contributed by atoms with E-state index in [1.165, 1.54) is 18.5 Å². The van der Waals surface area contributed by atoms with E-state index in [0.29, 0.717) is 13.0 Å². The third-order valence-corrected chi connectivity index (χ3v) is 5.59. The molecule has 0 aliphatic carbocycles. The number of nitrogens with one attached hydrogen (secondary N) is 1. The van der Waals surface area contributed by atoms with E-state index in [9.17, 15) is 9.59 Å². The lowest BCUT2D eigenvalue weighted by Crippen LogP contribution is -2.42. The summed E-state index contributed by atoms with van der Waals surface area (Å²) in [5.41, 5.74) is 1.77. The molecule has 1 unspecified atom stereocenters. The highest BCUT2D eigenvalue weighted by atomic mass is 16.2. The fourth-order valence-corrected chi connectivity index (χ4v) is 3.80. The third kappa shape index (κ3) is 4.19. The highest BCUT2D eigenvalue weighted by Crippen LogP contribution is 2.28. The Hall–Kier alpha value is -2.04. The minimum atomic E-state index is -0.273. The number of benzene rings is 1. The molecule has 1 aromatic rings. The molecule has 0 saturated carbocycles. The van der Waals surface area contributed by atoms with Gasteiger partial charge in [0.1, 0.15) is 0 Å². The Morgan fingerprint density at radius 2 is 1.73 bits per heavy atom. The first kappa shape index (κ1) is 18.7. The molecule has 0 aromatic heterocycles. The van der Waals surface area contributed by atoms with E-state index in [4.69, 9.17) is 0 Å². The average molecular weight is 357 g/mol. The Bertz CT molecular complexity index is 655. The van der Waals surface area contributed by atoms with Crippen LogP contribution >= 0.6 is 0 Å². The largest absolute Gasteiger partial charge is 0.372 e. The summed E-state index contributed by atoms with van der Waals surface area (Å²) in [6.45, 7) is 11.0. The lowest BCUT2D eigenvalue weighted by atomic mass is 9.99. The fraction of sp³-hybridized carbons (Fsp3) is 0.619. The van der Waals surface area contributed by atoms with E-state index in [2.05, 4.69) is 29.3 Å². The number of likely N-dealkylation sites (tertiary alicyclic amines) is 1. The number of nitrogens with zero attached hydrogens (tertiary/aromatic N) is 2. The zero-order valence-corrected chi connectivity index (χ0v) is 16.4. The molecule has 2 amide bonds. The summed E-state index contributed by atoms with van der Waals surface area (Å²) in [6.07, 6.45) is 2.77. The Morgan fingerprint density at radius 3 is 2.27 bits per heavy atom. The van der Waals surface area contributed by atoms with Crippen LogP contribution in [0.4, 0.5) is 11.4 Å². The summed E-state index contributed by atoms with van der Waals surface area (Å²) in [5, 5.41) is 2.98. The molecule has 2 aliphatic heterocycles. The Labute approximate surface area is 156 Å². The molecule has 1 atom stereocenters. The molecule has 1 N–H and O–H groups in total. The molecule has 2 fully saturated rings. The number of rotatable bonds is 3. The van der Waals surface area contributed by atoms with Gasteiger partial charge in [-0.3, -0.25) is 9.59 Å². The van der Waals surface area contributed by atoms with Gasteiger partial charge >= 0.3 is 0 Å². The summed E-state index contributed by atoms with van der Waals surface area (Å²) in [5.74, 6) is 0.536. The van der Waals surface area contributed by atoms with Gasteiger partial charge in [-0.2, -0.15) is 0 Å². The maximum Gasteiger partial charge on any atom is 0.229 e. The highest BCUT2D eigenvalue weighted by molar-refractivity contribution is 5.97. The van der Waals surface area contributed by atoms with Gasteiger partial charge in [0.25, 0.3) is 0 Å². The molecular weight excluding hydrogens is 326 g/mol. The molecule has 2 saturated heterocycles. The monoisotopic (exact) mass is 357 g/mol. The van der Waals surface area contributed by atoms with Crippen molar-refractivity contribution < 1.29 is 9.59 Å². The maximum absolute atomic E-state index is 12.6. The van der Waals surface area contributed by atoms with E-state index in [0.717, 1.165) is 24.7 Å². The molecule has 2 aliphatic rings. The van der Waals surface area contributed by atoms with Gasteiger partial charge in [0, 0.05) is 43.0 Å². The minimum Gasteiger partial charge on any atom is -0.372 e. The minimum absolute atomic E-state index is 0.0623. The Balaban J connectivity index is 1.57. The predicted octanol–water partition coefficient (Wildman–Crippen LogP) is 3.51. The van der Waals surface area contributed by atoms with Crippen LogP contribution in [0.5, 0.6) is 0 Å². The van der Waals surface area contributed by atoms with Crippen LogP contribution in [0.2, 0.25) is 0 Å². The standard InChI is InChI=1S/C21H31N3O2/c1-15-9-11-23(12-10-15)18-7-5-17(6-8-18)22-20(26)16-13-19(25)24(14-16)21(2,3)4/h5-8,15-16H,9-14H2,1-4H3,(H,22,26). The van der Waals surface area contributed by atoms with E-state index >= 15 is 0 Å². The second kappa shape index (κ2) is 7.29. The van der Waals surface area contributed by atoms with Crippen molar-refractivity contribution in [2.45, 2.75) is 52.5 Å². The van der Waals surface area contributed by atoms with Crippen molar-refractivity contribution in [3.8, 4) is 0 Å². The van der Waals surface area contributed by atoms with Crippen LogP contribution in [-0.2, 0) is 9.59 Å². The Morgan fingerprint density at radius 1 is 1.12 bits per heavy atom. The molecule has 3 rings (SSSR count). The summed E-state index contributed by atoms with van der Waals surface area (Å²) < 4.78 is 0. The van der Waals surface area contributed by atoms with Gasteiger partial charge in [-0.25, -0.2) is 0 Å². The van der Waals surface area contributed by atoms with Gasteiger partial charge in [0.15, 0.2) is 0 Å². The van der Waals surface area contributed by atoms with Gasteiger partial charge in [0.2, 0.25) is 11.8 Å². The van der Waals surface area contributed by atoms with Crippen LogP contribution in [0.3, 0.4) is 0 Å². The SMILES string of the molecule is CC1CCN(c2ccc(NC(=O)C3CC(=O)N(C(C)(C)C)C3)cc2)CC1. The number of amides is 2. The normalized spacial score (nSPS) is 22.0. The van der Waals surface area contributed by atoms with Crippen LogP contribution in [0, 0.1) is 11.8 Å². The third-order valence-electron chi connectivity index (χ3n) is 5.59. The molecule has 1 aromatic carbocycles. The van der Waals surface area contributed by atoms with Crippen LogP contribution < -0.4 is 10.2 Å². The topological polar surface area (TPSA) is 52.7 Å². The van der Waals surface area contributed by atoms with Crippen LogP contribution in [0.1, 0.15) is 47.0 Å². The smallest absolute Gasteiger partial charge is 0.229 e. The van der Waals surface area contributed by atoms with E-state index in [-0.39, 0.29) is 23.3 Å². The first-order valence-electron chi connectivity index (χ1n) is 9.70. The molecule has 0 bridgehead atoms. The quantitative estimate of drug-likeness (QED) is 0.901. The summed E-state index contributed by atoms with van der Waals surface area (Å²) in [4.78, 5) is 28.9. The van der Waals surface area contributed by atoms with Gasteiger partial charge in [-0.15, -0.1) is 0 Å². The van der Waals surface area contributed by atoms with Crippen LogP contribution in [0.25, 0.3) is 0 Å². The molecular formula is C21H31N3O2. The predicted molar refractivity (Wildman–Crippen MR) is 105 cm³/mol. The second-order valence-corrected chi connectivity index (χ2v) is 8.78. The van der Waals surface area contributed by atoms with Gasteiger partial charge in [-0.05, 0) is 63.8 Å². The van der Waals surface area contributed by atoms with E-state index in [1.807, 2.05) is 32.9 Å². The molecule has 26 heavy (non-hydrogen) atoms. The van der Waals surface area contributed by atoms with Crippen molar-refractivity contribution in [1.82, 2.24) is 4.90 Å². The molecule has 5 heteroatoms. The number of carbonyl (C=O) groups excluding carboxylic acids is 2. The maximum atomic E-state index is 12.6. The van der Waals surface area contributed by atoms with E-state index in [1.54, 1.807) is 4.90 Å². The number of anilines is 2. The zero-order chi connectivity index (χ0) is 18.9. The van der Waals surface area contributed by atoms with Gasteiger partial charge in [-0.1, -0.05) is 6.92 Å². The molecule has 0 spiro atoms. The van der Waals surface area contributed by atoms with Crippen LogP contribution in [-0.4, -0.2) is 41.9 Å². The number of hydrogen-bond donors (Lipinski definition) is 1. The second-order valence-electron chi connectivity index (χ2n) is 8.78. The van der Waals surface area contributed by atoms with Gasteiger partial charge < -0.3 is 15.1 Å². The highest BCUT2D eigenvalue weighted by Gasteiger charge is 2.39. The van der Waals surface area contributed by atoms with Gasteiger partial charge in [0.05, 0.1) is 5.92 Å². The van der Waals surface area contributed by atoms with Crippen molar-refractivity contribution in [2.24, 2.45) is 11.8 Å². The fourth-order valence-electron chi connectivity index (χ4n) is 3.80. The summed E-state index contributed by atoms with van der Waals surface area (Å²) in [6, 6.07) is 8.08.